The van der Waals surface area contributed by atoms with Crippen molar-refractivity contribution in [2.75, 3.05) is 6.61 Å². The van der Waals surface area contributed by atoms with Crippen LogP contribution in [0.1, 0.15) is 12.6 Å². The highest BCUT2D eigenvalue weighted by Gasteiger charge is 2.21. The minimum Gasteiger partial charge on any atom is -0.480 e. The number of aromatic amines is 1. The minimum absolute atomic E-state index is 0.109. The lowest BCUT2D eigenvalue weighted by Crippen LogP contribution is -2.42. The predicted octanol–water partition coefficient (Wildman–Crippen LogP) is 0.151. The summed E-state index contributed by atoms with van der Waals surface area (Å²) in [5.41, 5.74) is 0.559. The molecule has 1 heterocycles. The summed E-state index contributed by atoms with van der Waals surface area (Å²) < 4.78 is 4.60. The molecule has 16 heavy (non-hydrogen) atoms. The molecule has 1 rings (SSSR count). The third-order valence-corrected chi connectivity index (χ3v) is 1.83. The second-order valence-electron chi connectivity index (χ2n) is 3.02. The van der Waals surface area contributed by atoms with Crippen LogP contribution in [0.3, 0.4) is 0 Å². The summed E-state index contributed by atoms with van der Waals surface area (Å²) in [6.07, 6.45) is 2.38. The summed E-state index contributed by atoms with van der Waals surface area (Å²) in [5, 5.41) is 11.1. The number of H-pyrrole nitrogens is 1. The molecule has 0 aromatic carbocycles. The van der Waals surface area contributed by atoms with E-state index in [1.807, 2.05) is 0 Å². The Morgan fingerprint density at radius 1 is 1.69 bits per heavy atom. The number of nitrogens with zero attached hydrogens (tertiary/aromatic N) is 1. The van der Waals surface area contributed by atoms with Crippen LogP contribution in [-0.2, 0) is 16.0 Å². The van der Waals surface area contributed by atoms with Gasteiger partial charge in [-0.05, 0) is 6.92 Å². The largest absolute Gasteiger partial charge is 0.480 e. The second kappa shape index (κ2) is 5.74. The van der Waals surface area contributed by atoms with Gasteiger partial charge in [0.1, 0.15) is 6.04 Å². The summed E-state index contributed by atoms with van der Waals surface area (Å²) in [5.74, 6) is -1.13. The first kappa shape index (κ1) is 12.0. The highest BCUT2D eigenvalue weighted by molar-refractivity contribution is 5.80. The highest BCUT2D eigenvalue weighted by Crippen LogP contribution is 1.99. The molecule has 0 bridgehead atoms. The molecule has 0 aliphatic carbocycles. The van der Waals surface area contributed by atoms with E-state index in [2.05, 4.69) is 20.0 Å². The van der Waals surface area contributed by atoms with E-state index < -0.39 is 18.1 Å². The molecular formula is C9H13N3O4. The molecule has 0 aliphatic heterocycles. The van der Waals surface area contributed by atoms with Gasteiger partial charge in [0.2, 0.25) is 0 Å². The van der Waals surface area contributed by atoms with Crippen LogP contribution in [0.15, 0.2) is 12.5 Å². The Morgan fingerprint density at radius 2 is 2.44 bits per heavy atom. The van der Waals surface area contributed by atoms with E-state index in [0.717, 1.165) is 0 Å². The van der Waals surface area contributed by atoms with E-state index in [0.29, 0.717) is 5.69 Å². The minimum atomic E-state index is -1.13. The van der Waals surface area contributed by atoms with Crippen LogP contribution in [0.2, 0.25) is 0 Å². The topological polar surface area (TPSA) is 104 Å². The normalized spacial score (nSPS) is 11.8. The Bertz CT molecular complexity index is 350. The number of carboxylic acids is 1. The number of carboxylic acid groups (broad SMARTS) is 1. The van der Waals surface area contributed by atoms with E-state index in [-0.39, 0.29) is 13.0 Å². The Morgan fingerprint density at radius 3 is 2.94 bits per heavy atom. The molecule has 1 unspecified atom stereocenters. The molecule has 7 nitrogen and oxygen atoms in total. The summed E-state index contributed by atoms with van der Waals surface area (Å²) in [7, 11) is 0. The monoisotopic (exact) mass is 227 g/mol. The molecule has 0 aliphatic rings. The van der Waals surface area contributed by atoms with Crippen molar-refractivity contribution in [3.63, 3.8) is 0 Å². The highest BCUT2D eigenvalue weighted by atomic mass is 16.5. The fourth-order valence-corrected chi connectivity index (χ4v) is 1.13. The standard InChI is InChI=1S/C9H13N3O4/c1-2-16-9(15)12-7(8(13)14)3-6-4-10-5-11-6/h4-5,7H,2-3H2,1H3,(H,10,11)(H,12,15)(H,13,14). The molecule has 0 spiro atoms. The molecule has 1 amide bonds. The van der Waals surface area contributed by atoms with Gasteiger partial charge in [0.05, 0.1) is 18.6 Å². The smallest absolute Gasteiger partial charge is 0.407 e. The maximum Gasteiger partial charge on any atom is 0.407 e. The van der Waals surface area contributed by atoms with Crippen LogP contribution >= 0.6 is 0 Å². The zero-order valence-electron chi connectivity index (χ0n) is 8.77. The molecule has 1 atom stereocenters. The van der Waals surface area contributed by atoms with E-state index in [4.69, 9.17) is 5.11 Å². The first-order valence-corrected chi connectivity index (χ1v) is 4.77. The number of ether oxygens (including phenoxy) is 1. The maximum atomic E-state index is 11.1. The van der Waals surface area contributed by atoms with Gasteiger partial charge >= 0.3 is 12.1 Å². The van der Waals surface area contributed by atoms with Gasteiger partial charge in [-0.15, -0.1) is 0 Å². The Kier molecular flexibility index (Phi) is 4.31. The summed E-state index contributed by atoms with van der Waals surface area (Å²) >= 11 is 0. The van der Waals surface area contributed by atoms with Crippen molar-refractivity contribution in [2.24, 2.45) is 0 Å². The zero-order valence-corrected chi connectivity index (χ0v) is 8.77. The SMILES string of the molecule is CCOC(=O)NC(Cc1c[nH]cn1)C(=O)O. The first-order valence-electron chi connectivity index (χ1n) is 4.77. The van der Waals surface area contributed by atoms with Crippen LogP contribution in [0.5, 0.6) is 0 Å². The molecule has 0 saturated carbocycles. The first-order chi connectivity index (χ1) is 7.63. The van der Waals surface area contributed by atoms with Crippen molar-refractivity contribution < 1.29 is 19.4 Å². The quantitative estimate of drug-likeness (QED) is 0.664. The maximum absolute atomic E-state index is 11.1. The second-order valence-corrected chi connectivity index (χ2v) is 3.02. The van der Waals surface area contributed by atoms with E-state index >= 15 is 0 Å². The van der Waals surface area contributed by atoms with Crippen molar-refractivity contribution in [2.45, 2.75) is 19.4 Å². The molecule has 1 aromatic heterocycles. The molecule has 1 aromatic rings. The molecule has 0 radical (unpaired) electrons. The molecule has 0 saturated heterocycles. The van der Waals surface area contributed by atoms with Crippen LogP contribution in [0.25, 0.3) is 0 Å². The van der Waals surface area contributed by atoms with Gasteiger partial charge in [-0.1, -0.05) is 0 Å². The van der Waals surface area contributed by atoms with Gasteiger partial charge < -0.3 is 20.1 Å². The lowest BCUT2D eigenvalue weighted by atomic mass is 10.2. The number of carbonyl (C=O) groups is 2. The average Bonchev–Trinajstić information content (AvgIpc) is 2.69. The van der Waals surface area contributed by atoms with Crippen molar-refractivity contribution in [3.8, 4) is 0 Å². The number of nitrogens with one attached hydrogen (secondary N) is 2. The van der Waals surface area contributed by atoms with E-state index in [1.165, 1.54) is 6.33 Å². The van der Waals surface area contributed by atoms with Gasteiger partial charge in [0.25, 0.3) is 0 Å². The zero-order chi connectivity index (χ0) is 12.0. The fraction of sp³-hybridized carbons (Fsp3) is 0.444. The Balaban J connectivity index is 2.54. The molecule has 3 N–H and O–H groups in total. The van der Waals surface area contributed by atoms with Crippen molar-refractivity contribution in [1.29, 1.82) is 0 Å². The number of rotatable bonds is 5. The number of aromatic nitrogens is 2. The third-order valence-electron chi connectivity index (χ3n) is 1.83. The third kappa shape index (κ3) is 3.60. The Labute approximate surface area is 91.8 Å². The summed E-state index contributed by atoms with van der Waals surface area (Å²) in [4.78, 5) is 28.5. The molecule has 0 fully saturated rings. The number of amides is 1. The average molecular weight is 227 g/mol. The number of carbonyl (C=O) groups excluding carboxylic acids is 1. The predicted molar refractivity (Wildman–Crippen MR) is 53.9 cm³/mol. The lowest BCUT2D eigenvalue weighted by Gasteiger charge is -2.12. The Hall–Kier alpha value is -2.05. The van der Waals surface area contributed by atoms with Gasteiger partial charge in [0, 0.05) is 12.6 Å². The number of alkyl carbamates (subject to hydrolysis) is 1. The van der Waals surface area contributed by atoms with Crippen LogP contribution in [0, 0.1) is 0 Å². The van der Waals surface area contributed by atoms with Crippen LogP contribution < -0.4 is 5.32 Å². The van der Waals surface area contributed by atoms with Crippen molar-refractivity contribution in [1.82, 2.24) is 15.3 Å². The van der Waals surface area contributed by atoms with Crippen molar-refractivity contribution >= 4 is 12.1 Å². The van der Waals surface area contributed by atoms with Gasteiger partial charge in [0.15, 0.2) is 0 Å². The molecule has 7 heteroatoms. The fourth-order valence-electron chi connectivity index (χ4n) is 1.13. The lowest BCUT2D eigenvalue weighted by molar-refractivity contribution is -0.139. The van der Waals surface area contributed by atoms with Crippen molar-refractivity contribution in [3.05, 3.63) is 18.2 Å². The number of hydrogen-bond acceptors (Lipinski definition) is 4. The molecule has 88 valence electrons. The molecular weight excluding hydrogens is 214 g/mol. The van der Waals surface area contributed by atoms with Gasteiger partial charge in [-0.3, -0.25) is 0 Å². The number of hydrogen-bond donors (Lipinski definition) is 3. The van der Waals surface area contributed by atoms with Gasteiger partial charge in [-0.2, -0.15) is 0 Å². The number of aliphatic carboxylic acids is 1. The van der Waals surface area contributed by atoms with Crippen LogP contribution in [-0.4, -0.2) is 39.8 Å². The summed E-state index contributed by atoms with van der Waals surface area (Å²) in [6, 6.07) is -1.04. The van der Waals surface area contributed by atoms with Crippen LogP contribution in [0.4, 0.5) is 4.79 Å². The van der Waals surface area contributed by atoms with Gasteiger partial charge in [-0.25, -0.2) is 14.6 Å². The van der Waals surface area contributed by atoms with E-state index in [1.54, 1.807) is 13.1 Å². The van der Waals surface area contributed by atoms with E-state index in [9.17, 15) is 9.59 Å². The number of imidazole rings is 1. The summed E-state index contributed by atoms with van der Waals surface area (Å²) in [6.45, 7) is 1.84.